The summed E-state index contributed by atoms with van der Waals surface area (Å²) < 4.78 is 0. The van der Waals surface area contributed by atoms with Crippen LogP contribution in [0.4, 0.5) is 5.69 Å². The third-order valence-corrected chi connectivity index (χ3v) is 6.40. The minimum Gasteiger partial charge on any atom is -0.507 e. The van der Waals surface area contributed by atoms with E-state index in [9.17, 15) is 14.7 Å². The lowest BCUT2D eigenvalue weighted by Crippen LogP contribution is -2.30. The number of carbonyl (C=O) groups excluding carboxylic acids is 2. The van der Waals surface area contributed by atoms with Gasteiger partial charge in [0.05, 0.1) is 11.6 Å². The number of benzene rings is 3. The molecule has 1 aliphatic rings. The van der Waals surface area contributed by atoms with Gasteiger partial charge in [0.15, 0.2) is 0 Å². The van der Waals surface area contributed by atoms with Gasteiger partial charge in [-0.15, -0.1) is 0 Å². The van der Waals surface area contributed by atoms with Gasteiger partial charge in [0.1, 0.15) is 5.76 Å². The van der Waals surface area contributed by atoms with Gasteiger partial charge in [-0.05, 0) is 47.0 Å². The summed E-state index contributed by atoms with van der Waals surface area (Å²) in [4.78, 5) is 32.3. The molecule has 6 heteroatoms. The summed E-state index contributed by atoms with van der Waals surface area (Å²) in [6.45, 7) is 1.79. The summed E-state index contributed by atoms with van der Waals surface area (Å²) in [6.07, 6.45) is 3.21. The Morgan fingerprint density at radius 3 is 2.52 bits per heavy atom. The molecule has 0 radical (unpaired) electrons. The van der Waals surface area contributed by atoms with Crippen LogP contribution in [0.2, 0.25) is 5.02 Å². The number of nitrogens with zero attached hydrogens (tertiary/aromatic N) is 2. The van der Waals surface area contributed by atoms with Gasteiger partial charge in [-0.1, -0.05) is 66.2 Å². The van der Waals surface area contributed by atoms with Crippen molar-refractivity contribution in [3.05, 3.63) is 112 Å². The lowest BCUT2D eigenvalue weighted by Gasteiger charge is -2.27. The van der Waals surface area contributed by atoms with Crippen molar-refractivity contribution < 1.29 is 14.7 Å². The first-order valence-corrected chi connectivity index (χ1v) is 10.8. The van der Waals surface area contributed by atoms with E-state index < -0.39 is 17.7 Å². The molecule has 162 valence electrons. The Hall–Kier alpha value is -3.96. The Morgan fingerprint density at radius 1 is 0.970 bits per heavy atom. The van der Waals surface area contributed by atoms with Crippen molar-refractivity contribution >= 4 is 45.5 Å². The fraction of sp³-hybridized carbons (Fsp3) is 0.0741. The zero-order valence-electron chi connectivity index (χ0n) is 17.7. The van der Waals surface area contributed by atoms with Crippen LogP contribution in [0.15, 0.2) is 90.8 Å². The minimum atomic E-state index is -0.852. The van der Waals surface area contributed by atoms with E-state index in [1.807, 2.05) is 36.4 Å². The van der Waals surface area contributed by atoms with Gasteiger partial charge < -0.3 is 5.11 Å². The quantitative estimate of drug-likeness (QED) is 0.240. The highest BCUT2D eigenvalue weighted by Crippen LogP contribution is 2.44. The Kier molecular flexibility index (Phi) is 5.19. The molecule has 1 aromatic heterocycles. The van der Waals surface area contributed by atoms with E-state index in [0.29, 0.717) is 27.4 Å². The summed E-state index contributed by atoms with van der Waals surface area (Å²) in [5, 5.41) is 13.6. The number of Topliss-reactive ketones (excluding diaryl/α,β-unsaturated/α-hetero) is 1. The molecule has 0 aliphatic carbocycles. The Bertz CT molecular complexity index is 1440. The normalized spacial score (nSPS) is 17.6. The van der Waals surface area contributed by atoms with Crippen LogP contribution >= 0.6 is 11.6 Å². The maximum Gasteiger partial charge on any atom is 0.300 e. The Morgan fingerprint density at radius 2 is 1.73 bits per heavy atom. The molecule has 0 bridgehead atoms. The number of aromatic nitrogens is 1. The number of carbonyl (C=O) groups is 2. The van der Waals surface area contributed by atoms with Crippen LogP contribution in [-0.2, 0) is 9.59 Å². The second kappa shape index (κ2) is 8.19. The van der Waals surface area contributed by atoms with E-state index in [1.165, 1.54) is 4.90 Å². The van der Waals surface area contributed by atoms with Crippen LogP contribution in [0.5, 0.6) is 0 Å². The summed E-state index contributed by atoms with van der Waals surface area (Å²) in [5.74, 6) is -1.70. The molecule has 2 heterocycles. The van der Waals surface area contributed by atoms with E-state index in [1.54, 1.807) is 55.7 Å². The maximum atomic E-state index is 13.4. The zero-order chi connectivity index (χ0) is 23.1. The summed E-state index contributed by atoms with van der Waals surface area (Å²) in [5.41, 5.74) is 2.29. The number of ketones is 1. The molecule has 33 heavy (non-hydrogen) atoms. The lowest BCUT2D eigenvalue weighted by molar-refractivity contribution is -0.132. The average Bonchev–Trinajstić information content (AvgIpc) is 3.11. The number of anilines is 1. The molecule has 1 saturated heterocycles. The molecule has 0 saturated carbocycles. The maximum absolute atomic E-state index is 13.4. The number of aliphatic hydroxyl groups is 1. The highest BCUT2D eigenvalue weighted by atomic mass is 35.5. The second-order valence-electron chi connectivity index (χ2n) is 7.87. The summed E-state index contributed by atoms with van der Waals surface area (Å²) in [7, 11) is 0. The number of hydrogen-bond acceptors (Lipinski definition) is 4. The van der Waals surface area contributed by atoms with Crippen LogP contribution in [-0.4, -0.2) is 21.8 Å². The topological polar surface area (TPSA) is 70.5 Å². The van der Waals surface area contributed by atoms with Gasteiger partial charge in [-0.3, -0.25) is 19.5 Å². The molecule has 1 unspecified atom stereocenters. The summed E-state index contributed by atoms with van der Waals surface area (Å²) >= 11 is 6.33. The fourth-order valence-corrected chi connectivity index (χ4v) is 4.54. The number of halogens is 1. The van der Waals surface area contributed by atoms with E-state index >= 15 is 0 Å². The zero-order valence-corrected chi connectivity index (χ0v) is 18.5. The van der Waals surface area contributed by atoms with Crippen molar-refractivity contribution in [2.45, 2.75) is 13.0 Å². The van der Waals surface area contributed by atoms with Crippen LogP contribution in [0.25, 0.3) is 16.5 Å². The Labute approximate surface area is 195 Å². The van der Waals surface area contributed by atoms with Crippen molar-refractivity contribution in [1.82, 2.24) is 4.98 Å². The molecule has 3 aromatic carbocycles. The average molecular weight is 455 g/mol. The van der Waals surface area contributed by atoms with Crippen LogP contribution in [0.3, 0.4) is 0 Å². The standard InChI is InChI=1S/C27H19ClN2O3/c1-16-21(28)12-5-13-22(16)30-24(18-9-6-14-29-15-18)23(26(32)27(30)33)25(31)20-11-4-8-17-7-2-3-10-19(17)20/h2-15,24,31H,1H3/b25-23-. The first-order valence-electron chi connectivity index (χ1n) is 10.4. The number of pyridine rings is 1. The SMILES string of the molecule is Cc1c(Cl)cccc1N1C(=O)C(=O)/C(=C(\O)c2cccc3ccccc23)C1c1cccnc1. The predicted octanol–water partition coefficient (Wildman–Crippen LogP) is 5.82. The number of rotatable bonds is 3. The van der Waals surface area contributed by atoms with Crippen molar-refractivity contribution in [2.75, 3.05) is 4.90 Å². The monoisotopic (exact) mass is 454 g/mol. The van der Waals surface area contributed by atoms with Crippen LogP contribution in [0.1, 0.15) is 22.7 Å². The van der Waals surface area contributed by atoms with Crippen molar-refractivity contribution in [1.29, 1.82) is 0 Å². The van der Waals surface area contributed by atoms with E-state index in [0.717, 1.165) is 10.8 Å². The van der Waals surface area contributed by atoms with Gasteiger partial charge in [0, 0.05) is 28.7 Å². The molecule has 1 atom stereocenters. The molecule has 1 fully saturated rings. The summed E-state index contributed by atoms with van der Waals surface area (Å²) in [6, 6.07) is 20.9. The lowest BCUT2D eigenvalue weighted by atomic mass is 9.94. The highest BCUT2D eigenvalue weighted by molar-refractivity contribution is 6.52. The number of amides is 1. The smallest absolute Gasteiger partial charge is 0.300 e. The van der Waals surface area contributed by atoms with Crippen LogP contribution < -0.4 is 4.90 Å². The molecular weight excluding hydrogens is 436 g/mol. The largest absolute Gasteiger partial charge is 0.507 e. The van der Waals surface area contributed by atoms with Crippen molar-refractivity contribution in [2.24, 2.45) is 0 Å². The molecule has 1 amide bonds. The first kappa shape index (κ1) is 20.9. The second-order valence-corrected chi connectivity index (χ2v) is 8.27. The number of aliphatic hydroxyl groups excluding tert-OH is 1. The number of fused-ring (bicyclic) bond motifs is 1. The molecule has 0 spiro atoms. The molecule has 1 aliphatic heterocycles. The van der Waals surface area contributed by atoms with Crippen molar-refractivity contribution in [3.63, 3.8) is 0 Å². The van der Waals surface area contributed by atoms with Gasteiger partial charge in [-0.2, -0.15) is 0 Å². The fourth-order valence-electron chi connectivity index (χ4n) is 4.37. The predicted molar refractivity (Wildman–Crippen MR) is 129 cm³/mol. The van der Waals surface area contributed by atoms with Gasteiger partial charge in [0.2, 0.25) is 0 Å². The third-order valence-electron chi connectivity index (χ3n) is 5.99. The molecule has 1 N–H and O–H groups in total. The molecule has 5 rings (SSSR count). The van der Waals surface area contributed by atoms with Crippen molar-refractivity contribution in [3.8, 4) is 0 Å². The molecular formula is C27H19ClN2O3. The Balaban J connectivity index is 1.80. The van der Waals surface area contributed by atoms with Gasteiger partial charge >= 0.3 is 0 Å². The number of hydrogen-bond donors (Lipinski definition) is 1. The van der Waals surface area contributed by atoms with E-state index in [-0.39, 0.29) is 11.3 Å². The third kappa shape index (κ3) is 3.38. The highest BCUT2D eigenvalue weighted by Gasteiger charge is 2.47. The molecule has 4 aromatic rings. The minimum absolute atomic E-state index is 0.0173. The first-order chi connectivity index (χ1) is 16.0. The van der Waals surface area contributed by atoms with E-state index in [4.69, 9.17) is 11.6 Å². The van der Waals surface area contributed by atoms with Gasteiger partial charge in [-0.25, -0.2) is 0 Å². The van der Waals surface area contributed by atoms with Crippen LogP contribution in [0, 0.1) is 6.92 Å². The van der Waals surface area contributed by atoms with E-state index in [2.05, 4.69) is 4.98 Å². The molecule has 5 nitrogen and oxygen atoms in total. The van der Waals surface area contributed by atoms with Gasteiger partial charge in [0.25, 0.3) is 11.7 Å².